The van der Waals surface area contributed by atoms with Gasteiger partial charge in [0.15, 0.2) is 0 Å². The van der Waals surface area contributed by atoms with E-state index in [1.165, 1.54) is 18.5 Å². The number of carbonyl (C=O) groups excluding carboxylic acids is 1. The largest absolute Gasteiger partial charge is 0.505 e. The first-order valence-corrected chi connectivity index (χ1v) is 5.21. The number of hydrogen-bond acceptors (Lipinski definition) is 3. The summed E-state index contributed by atoms with van der Waals surface area (Å²) < 4.78 is 0. The number of aromatic hydroxyl groups is 1. The molecule has 0 saturated heterocycles. The van der Waals surface area contributed by atoms with Gasteiger partial charge in [0.05, 0.1) is 11.8 Å². The lowest BCUT2D eigenvalue weighted by Crippen LogP contribution is -2.12. The number of carbonyl (C=O) groups is 1. The van der Waals surface area contributed by atoms with Crippen molar-refractivity contribution in [1.82, 2.24) is 4.98 Å². The predicted molar refractivity (Wildman–Crippen MR) is 68.2 cm³/mol. The average Bonchev–Trinajstić information content (AvgIpc) is 2.39. The Labute approximate surface area is 104 Å². The molecule has 0 bridgehead atoms. The minimum atomic E-state index is -0.413. The highest BCUT2D eigenvalue weighted by Gasteiger charge is 2.10. The molecule has 0 atom stereocenters. The maximum absolute atomic E-state index is 11.9. The highest BCUT2D eigenvalue weighted by atomic mass is 16.3. The van der Waals surface area contributed by atoms with Gasteiger partial charge >= 0.3 is 0 Å². The third kappa shape index (κ3) is 2.47. The van der Waals surface area contributed by atoms with E-state index in [0.29, 0.717) is 11.3 Å². The summed E-state index contributed by atoms with van der Waals surface area (Å²) in [5, 5.41) is 12.2. The number of benzene rings is 1. The Hall–Kier alpha value is -2.80. The molecule has 0 saturated carbocycles. The van der Waals surface area contributed by atoms with Crippen LogP contribution in [-0.2, 0) is 0 Å². The summed E-state index contributed by atoms with van der Waals surface area (Å²) in [7, 11) is 0. The molecule has 1 amide bonds. The monoisotopic (exact) mass is 238 g/mol. The Morgan fingerprint density at radius 2 is 2.22 bits per heavy atom. The average molecular weight is 238 g/mol. The van der Waals surface area contributed by atoms with Crippen molar-refractivity contribution in [3.8, 4) is 18.1 Å². The summed E-state index contributed by atoms with van der Waals surface area (Å²) >= 11 is 0. The topological polar surface area (TPSA) is 62.2 Å². The minimum absolute atomic E-state index is 0.163. The number of hydrogen-bond donors (Lipinski definition) is 2. The van der Waals surface area contributed by atoms with E-state index >= 15 is 0 Å². The molecule has 0 fully saturated rings. The maximum Gasteiger partial charge on any atom is 0.259 e. The van der Waals surface area contributed by atoms with Gasteiger partial charge < -0.3 is 10.4 Å². The quantitative estimate of drug-likeness (QED) is 0.787. The predicted octanol–water partition coefficient (Wildman–Crippen LogP) is 2.02. The zero-order chi connectivity index (χ0) is 13.0. The van der Waals surface area contributed by atoms with Gasteiger partial charge in [0, 0.05) is 17.4 Å². The Morgan fingerprint density at radius 1 is 1.39 bits per heavy atom. The third-order valence-corrected chi connectivity index (χ3v) is 2.33. The Morgan fingerprint density at radius 3 is 2.94 bits per heavy atom. The molecule has 0 radical (unpaired) electrons. The SMILES string of the molecule is C#Cc1cccc(NC(=O)c2ccncc2O)c1. The van der Waals surface area contributed by atoms with Crippen LogP contribution in [0.2, 0.25) is 0 Å². The lowest BCUT2D eigenvalue weighted by atomic mass is 10.2. The molecule has 1 aromatic carbocycles. The Bertz CT molecular complexity index is 630. The normalized spacial score (nSPS) is 9.50. The zero-order valence-electron chi connectivity index (χ0n) is 9.42. The van der Waals surface area contributed by atoms with Gasteiger partial charge in [0.2, 0.25) is 0 Å². The van der Waals surface area contributed by atoms with Gasteiger partial charge in [0.1, 0.15) is 5.75 Å². The molecule has 0 unspecified atom stereocenters. The van der Waals surface area contributed by atoms with Gasteiger partial charge in [0.25, 0.3) is 5.91 Å². The molecule has 88 valence electrons. The van der Waals surface area contributed by atoms with Gasteiger partial charge in [-0.2, -0.15) is 0 Å². The van der Waals surface area contributed by atoms with Crippen LogP contribution in [0.5, 0.6) is 5.75 Å². The van der Waals surface area contributed by atoms with Gasteiger partial charge in [-0.25, -0.2) is 0 Å². The van der Waals surface area contributed by atoms with E-state index < -0.39 is 5.91 Å². The van der Waals surface area contributed by atoms with Gasteiger partial charge in [-0.1, -0.05) is 12.0 Å². The fourth-order valence-corrected chi connectivity index (χ4v) is 1.46. The summed E-state index contributed by atoms with van der Waals surface area (Å²) in [5.41, 5.74) is 1.41. The molecule has 4 heteroatoms. The standard InChI is InChI=1S/C14H10N2O2/c1-2-10-4-3-5-11(8-10)16-14(18)12-6-7-15-9-13(12)17/h1,3-9,17H,(H,16,18). The molecule has 0 aliphatic heterocycles. The van der Waals surface area contributed by atoms with Gasteiger partial charge in [-0.15, -0.1) is 6.42 Å². The van der Waals surface area contributed by atoms with Crippen molar-refractivity contribution in [1.29, 1.82) is 0 Å². The van der Waals surface area contributed by atoms with Crippen LogP contribution >= 0.6 is 0 Å². The second kappa shape index (κ2) is 5.02. The molecule has 0 spiro atoms. The van der Waals surface area contributed by atoms with Crippen molar-refractivity contribution < 1.29 is 9.90 Å². The van der Waals surface area contributed by atoms with E-state index in [1.54, 1.807) is 24.3 Å². The van der Waals surface area contributed by atoms with Crippen LogP contribution in [0, 0.1) is 12.3 Å². The van der Waals surface area contributed by atoms with E-state index in [2.05, 4.69) is 16.2 Å². The first-order chi connectivity index (χ1) is 8.70. The van der Waals surface area contributed by atoms with Crippen molar-refractivity contribution in [2.75, 3.05) is 5.32 Å². The van der Waals surface area contributed by atoms with E-state index in [0.717, 1.165) is 0 Å². The molecule has 0 aliphatic rings. The van der Waals surface area contributed by atoms with E-state index in [1.807, 2.05) is 0 Å². The van der Waals surface area contributed by atoms with Crippen LogP contribution < -0.4 is 5.32 Å². The van der Waals surface area contributed by atoms with Crippen LogP contribution in [0.3, 0.4) is 0 Å². The first kappa shape index (κ1) is 11.7. The number of aromatic nitrogens is 1. The van der Waals surface area contributed by atoms with Crippen LogP contribution in [0.25, 0.3) is 0 Å². The third-order valence-electron chi connectivity index (χ3n) is 2.33. The molecule has 1 heterocycles. The molecule has 2 N–H and O–H groups in total. The number of terminal acetylenes is 1. The summed E-state index contributed by atoms with van der Waals surface area (Å²) in [6, 6.07) is 8.35. The number of rotatable bonds is 2. The van der Waals surface area contributed by atoms with E-state index in [4.69, 9.17) is 6.42 Å². The van der Waals surface area contributed by atoms with Crippen molar-refractivity contribution in [2.24, 2.45) is 0 Å². The minimum Gasteiger partial charge on any atom is -0.505 e. The Balaban J connectivity index is 2.22. The molecule has 0 aliphatic carbocycles. The van der Waals surface area contributed by atoms with Crippen LogP contribution in [0.1, 0.15) is 15.9 Å². The number of pyridine rings is 1. The lowest BCUT2D eigenvalue weighted by Gasteiger charge is -2.06. The van der Waals surface area contributed by atoms with Crippen LogP contribution in [0.4, 0.5) is 5.69 Å². The smallest absolute Gasteiger partial charge is 0.259 e. The number of amides is 1. The summed E-state index contributed by atoms with van der Waals surface area (Å²) in [6.07, 6.45) is 7.93. The first-order valence-electron chi connectivity index (χ1n) is 5.21. The fraction of sp³-hybridized carbons (Fsp3) is 0. The second-order valence-corrected chi connectivity index (χ2v) is 3.57. The molecular weight excluding hydrogens is 228 g/mol. The molecule has 1 aromatic heterocycles. The Kier molecular flexibility index (Phi) is 3.26. The molecule has 2 rings (SSSR count). The molecule has 4 nitrogen and oxygen atoms in total. The number of nitrogens with zero attached hydrogens (tertiary/aromatic N) is 1. The molecular formula is C14H10N2O2. The zero-order valence-corrected chi connectivity index (χ0v) is 9.42. The number of nitrogens with one attached hydrogen (secondary N) is 1. The highest BCUT2D eigenvalue weighted by molar-refractivity contribution is 6.06. The fourth-order valence-electron chi connectivity index (χ4n) is 1.46. The van der Waals surface area contributed by atoms with Crippen molar-refractivity contribution in [2.45, 2.75) is 0 Å². The van der Waals surface area contributed by atoms with Crippen molar-refractivity contribution in [3.05, 3.63) is 53.9 Å². The van der Waals surface area contributed by atoms with Crippen LogP contribution in [-0.4, -0.2) is 16.0 Å². The summed E-state index contributed by atoms with van der Waals surface area (Å²) in [5.74, 6) is 1.90. The second-order valence-electron chi connectivity index (χ2n) is 3.57. The van der Waals surface area contributed by atoms with Gasteiger partial charge in [-0.3, -0.25) is 9.78 Å². The molecule has 2 aromatic rings. The van der Waals surface area contributed by atoms with E-state index in [-0.39, 0.29) is 11.3 Å². The maximum atomic E-state index is 11.9. The highest BCUT2D eigenvalue weighted by Crippen LogP contribution is 2.17. The molecule has 18 heavy (non-hydrogen) atoms. The van der Waals surface area contributed by atoms with Crippen LogP contribution in [0.15, 0.2) is 42.7 Å². The van der Waals surface area contributed by atoms with Gasteiger partial charge in [-0.05, 0) is 24.3 Å². The van der Waals surface area contributed by atoms with Crippen molar-refractivity contribution in [3.63, 3.8) is 0 Å². The number of anilines is 1. The van der Waals surface area contributed by atoms with E-state index in [9.17, 15) is 9.90 Å². The summed E-state index contributed by atoms with van der Waals surface area (Å²) in [6.45, 7) is 0. The lowest BCUT2D eigenvalue weighted by molar-refractivity contribution is 0.102. The van der Waals surface area contributed by atoms with Crippen molar-refractivity contribution >= 4 is 11.6 Å². The summed E-state index contributed by atoms with van der Waals surface area (Å²) in [4.78, 5) is 15.6.